The van der Waals surface area contributed by atoms with E-state index in [1.807, 2.05) is 18.2 Å². The highest BCUT2D eigenvalue weighted by molar-refractivity contribution is 5.98. The summed E-state index contributed by atoms with van der Waals surface area (Å²) in [7, 11) is 3.53. The Morgan fingerprint density at radius 1 is 1.21 bits per heavy atom. The summed E-state index contributed by atoms with van der Waals surface area (Å²) in [5, 5.41) is 10.2. The van der Waals surface area contributed by atoms with Crippen LogP contribution in [0.25, 0.3) is 22.1 Å². The van der Waals surface area contributed by atoms with Gasteiger partial charge in [-0.3, -0.25) is 4.79 Å². The van der Waals surface area contributed by atoms with Gasteiger partial charge in [-0.15, -0.1) is 0 Å². The fraction of sp³-hybridized carbons (Fsp3) is 0.364. The van der Waals surface area contributed by atoms with Crippen molar-refractivity contribution < 1.29 is 14.3 Å². The van der Waals surface area contributed by atoms with Crippen LogP contribution in [0, 0.1) is 0 Å². The molecule has 0 saturated heterocycles. The second-order valence-electron chi connectivity index (χ2n) is 7.75. The molecule has 1 saturated carbocycles. The summed E-state index contributed by atoms with van der Waals surface area (Å²) in [5.41, 5.74) is 1.27. The Kier molecular flexibility index (Phi) is 5.05. The van der Waals surface area contributed by atoms with Crippen LogP contribution in [0.2, 0.25) is 0 Å². The molecule has 0 unspecified atom stereocenters. The van der Waals surface area contributed by atoms with Crippen molar-refractivity contribution in [3.63, 3.8) is 0 Å². The molecule has 0 amide bonds. The number of hydrogen-bond donors (Lipinski definition) is 1. The van der Waals surface area contributed by atoms with E-state index < -0.39 is 5.97 Å². The molecule has 0 spiro atoms. The van der Waals surface area contributed by atoms with Crippen LogP contribution in [0.4, 0.5) is 5.82 Å². The highest BCUT2D eigenvalue weighted by atomic mass is 16.4. The monoisotopic (exact) mass is 393 g/mol. The number of fused-ring (bicyclic) bond motifs is 2. The molecule has 1 N–H and O–H groups in total. The molecule has 0 atom stereocenters. The topological polar surface area (TPSA) is 96.0 Å². The molecule has 2 aromatic heterocycles. The first kappa shape index (κ1) is 19.1. The smallest absolute Gasteiger partial charge is 0.339 e. The first-order valence-electron chi connectivity index (χ1n) is 9.79. The molecule has 0 bridgehead atoms. The number of aromatic carboxylic acids is 1. The Bertz CT molecular complexity index is 1170. The summed E-state index contributed by atoms with van der Waals surface area (Å²) in [6, 6.07) is 7.04. The van der Waals surface area contributed by atoms with Gasteiger partial charge < -0.3 is 14.4 Å². The van der Waals surface area contributed by atoms with Crippen LogP contribution >= 0.6 is 0 Å². The Balaban J connectivity index is 1.90. The van der Waals surface area contributed by atoms with Crippen LogP contribution < -0.4 is 5.43 Å². The molecular weight excluding hydrogens is 370 g/mol. The Hall–Kier alpha value is -3.22. The van der Waals surface area contributed by atoms with Gasteiger partial charge in [0, 0.05) is 14.1 Å². The SMILES string of the molecule is CN(C)C=Nc1nc2oc3ccc(C4CCCCC4)cc3c(=O)c2cc1C(=O)O. The predicted octanol–water partition coefficient (Wildman–Crippen LogP) is 4.31. The van der Waals surface area contributed by atoms with E-state index in [0.29, 0.717) is 16.9 Å². The third-order valence-electron chi connectivity index (χ3n) is 5.38. The summed E-state index contributed by atoms with van der Waals surface area (Å²) in [6.07, 6.45) is 7.38. The van der Waals surface area contributed by atoms with Gasteiger partial charge in [0.1, 0.15) is 11.1 Å². The molecule has 1 aliphatic carbocycles. The number of rotatable bonds is 4. The van der Waals surface area contributed by atoms with E-state index in [4.69, 9.17) is 4.42 Å². The number of benzene rings is 1. The lowest BCUT2D eigenvalue weighted by Crippen LogP contribution is -2.10. The standard InChI is InChI=1S/C22H23N3O4/c1-25(2)12-23-20-17(22(27)28)11-16-19(26)15-10-14(13-6-4-3-5-7-13)8-9-18(15)29-21(16)24-20/h8-13H,3-7H2,1-2H3,(H,27,28). The number of carbonyl (C=O) groups is 1. The average Bonchev–Trinajstić information content (AvgIpc) is 2.72. The summed E-state index contributed by atoms with van der Waals surface area (Å²) in [6.45, 7) is 0. The van der Waals surface area contributed by atoms with Gasteiger partial charge in [0.25, 0.3) is 0 Å². The number of hydrogen-bond acceptors (Lipinski definition) is 5. The van der Waals surface area contributed by atoms with E-state index in [1.54, 1.807) is 19.0 Å². The molecule has 150 valence electrons. The largest absolute Gasteiger partial charge is 0.478 e. The molecule has 1 aromatic carbocycles. The fourth-order valence-electron chi connectivity index (χ4n) is 3.91. The quantitative estimate of drug-likeness (QED) is 0.403. The van der Waals surface area contributed by atoms with Crippen molar-refractivity contribution in [2.45, 2.75) is 38.0 Å². The van der Waals surface area contributed by atoms with Gasteiger partial charge in [0.15, 0.2) is 5.82 Å². The van der Waals surface area contributed by atoms with Crippen molar-refractivity contribution in [3.8, 4) is 0 Å². The van der Waals surface area contributed by atoms with Crippen molar-refractivity contribution in [2.24, 2.45) is 4.99 Å². The van der Waals surface area contributed by atoms with Crippen molar-refractivity contribution in [1.29, 1.82) is 0 Å². The maximum atomic E-state index is 13.1. The zero-order valence-electron chi connectivity index (χ0n) is 16.5. The van der Waals surface area contributed by atoms with Crippen molar-refractivity contribution in [2.75, 3.05) is 14.1 Å². The third kappa shape index (κ3) is 3.72. The lowest BCUT2D eigenvalue weighted by Gasteiger charge is -2.22. The van der Waals surface area contributed by atoms with Crippen LogP contribution in [-0.2, 0) is 0 Å². The predicted molar refractivity (Wildman–Crippen MR) is 112 cm³/mol. The first-order valence-corrected chi connectivity index (χ1v) is 9.79. The minimum absolute atomic E-state index is 0.0000239. The number of aromatic nitrogens is 1. The van der Waals surface area contributed by atoms with Gasteiger partial charge in [-0.25, -0.2) is 9.79 Å². The lowest BCUT2D eigenvalue weighted by atomic mass is 9.84. The summed E-state index contributed by atoms with van der Waals surface area (Å²) in [5.74, 6) is -0.737. The Morgan fingerprint density at radius 3 is 2.66 bits per heavy atom. The summed E-state index contributed by atoms with van der Waals surface area (Å²) < 4.78 is 5.86. The normalized spacial score (nSPS) is 15.4. The molecule has 7 heteroatoms. The summed E-state index contributed by atoms with van der Waals surface area (Å²) >= 11 is 0. The first-order chi connectivity index (χ1) is 13.9. The number of carboxylic acid groups (broad SMARTS) is 1. The molecule has 0 radical (unpaired) electrons. The molecule has 7 nitrogen and oxygen atoms in total. The van der Waals surface area contributed by atoms with E-state index >= 15 is 0 Å². The second-order valence-corrected chi connectivity index (χ2v) is 7.75. The zero-order chi connectivity index (χ0) is 20.5. The Morgan fingerprint density at radius 2 is 1.97 bits per heavy atom. The molecule has 4 rings (SSSR count). The van der Waals surface area contributed by atoms with Gasteiger partial charge in [0.05, 0.1) is 17.1 Å². The van der Waals surface area contributed by atoms with Crippen molar-refractivity contribution in [3.05, 3.63) is 45.6 Å². The molecule has 1 fully saturated rings. The van der Waals surface area contributed by atoms with Crippen molar-refractivity contribution >= 4 is 40.2 Å². The van der Waals surface area contributed by atoms with Gasteiger partial charge in [-0.05, 0) is 42.5 Å². The van der Waals surface area contributed by atoms with E-state index in [1.165, 1.54) is 31.7 Å². The number of carboxylic acids is 1. The van der Waals surface area contributed by atoms with Gasteiger partial charge in [-0.2, -0.15) is 4.98 Å². The van der Waals surface area contributed by atoms with Gasteiger partial charge in [0.2, 0.25) is 11.1 Å². The third-order valence-corrected chi connectivity index (χ3v) is 5.38. The number of aliphatic imine (C=N–C) groups is 1. The fourth-order valence-corrected chi connectivity index (χ4v) is 3.91. The maximum Gasteiger partial charge on any atom is 0.339 e. The van der Waals surface area contributed by atoms with Crippen molar-refractivity contribution in [1.82, 2.24) is 9.88 Å². The minimum atomic E-state index is -1.19. The average molecular weight is 393 g/mol. The van der Waals surface area contributed by atoms with Crippen LogP contribution in [0.15, 0.2) is 38.5 Å². The van der Waals surface area contributed by atoms with E-state index in [9.17, 15) is 14.7 Å². The van der Waals surface area contributed by atoms with E-state index in [0.717, 1.165) is 18.4 Å². The number of nitrogens with zero attached hydrogens (tertiary/aromatic N) is 3. The van der Waals surface area contributed by atoms with Crippen LogP contribution in [0.5, 0.6) is 0 Å². The van der Waals surface area contributed by atoms with E-state index in [-0.39, 0.29) is 27.9 Å². The molecular formula is C22H23N3O4. The van der Waals surface area contributed by atoms with Gasteiger partial charge in [-0.1, -0.05) is 25.3 Å². The molecule has 0 aliphatic heterocycles. The highest BCUT2D eigenvalue weighted by Crippen LogP contribution is 2.34. The maximum absolute atomic E-state index is 13.1. The van der Waals surface area contributed by atoms with Gasteiger partial charge >= 0.3 is 5.97 Å². The zero-order valence-corrected chi connectivity index (χ0v) is 16.5. The van der Waals surface area contributed by atoms with Crippen LogP contribution in [0.3, 0.4) is 0 Å². The number of pyridine rings is 1. The van der Waals surface area contributed by atoms with Crippen LogP contribution in [-0.4, -0.2) is 41.4 Å². The van der Waals surface area contributed by atoms with E-state index in [2.05, 4.69) is 9.98 Å². The minimum Gasteiger partial charge on any atom is -0.478 e. The second kappa shape index (κ2) is 7.66. The summed E-state index contributed by atoms with van der Waals surface area (Å²) in [4.78, 5) is 34.8. The molecule has 2 heterocycles. The lowest BCUT2D eigenvalue weighted by molar-refractivity contribution is 0.0697. The molecule has 3 aromatic rings. The molecule has 1 aliphatic rings. The highest BCUT2D eigenvalue weighted by Gasteiger charge is 2.20. The van der Waals surface area contributed by atoms with Crippen LogP contribution in [0.1, 0.15) is 53.9 Å². The Labute approximate surface area is 167 Å². The molecule has 29 heavy (non-hydrogen) atoms.